The van der Waals surface area contributed by atoms with Crippen LogP contribution in [0.4, 0.5) is 5.69 Å². The monoisotopic (exact) mass is 357 g/mol. The van der Waals surface area contributed by atoms with E-state index in [9.17, 15) is 9.59 Å². The lowest BCUT2D eigenvalue weighted by molar-refractivity contribution is -0.153. The second-order valence-electron chi connectivity index (χ2n) is 5.49. The topological polar surface area (TPSA) is 73.9 Å². The summed E-state index contributed by atoms with van der Waals surface area (Å²) in [6.45, 7) is 4.19. The fourth-order valence-electron chi connectivity index (χ4n) is 2.12. The molecule has 1 amide bonds. The van der Waals surface area contributed by atoms with Gasteiger partial charge in [0.1, 0.15) is 11.5 Å². The molecule has 0 spiro atoms. The Morgan fingerprint density at radius 2 is 1.62 bits per heavy atom. The minimum Gasteiger partial charge on any atom is -0.494 e. The van der Waals surface area contributed by atoms with Crippen LogP contribution in [0.15, 0.2) is 54.6 Å². The van der Waals surface area contributed by atoms with Crippen LogP contribution in [0, 0.1) is 0 Å². The van der Waals surface area contributed by atoms with E-state index in [0.717, 1.165) is 5.75 Å². The average Bonchev–Trinajstić information content (AvgIpc) is 2.64. The smallest absolute Gasteiger partial charge is 0.310 e. The molecule has 0 aliphatic carbocycles. The highest BCUT2D eigenvalue weighted by atomic mass is 16.5. The first-order valence-electron chi connectivity index (χ1n) is 8.49. The van der Waals surface area contributed by atoms with Gasteiger partial charge >= 0.3 is 5.97 Å². The fraction of sp³-hybridized carbons (Fsp3) is 0.300. The predicted molar refractivity (Wildman–Crippen MR) is 98.3 cm³/mol. The van der Waals surface area contributed by atoms with Crippen molar-refractivity contribution in [3.63, 3.8) is 0 Å². The Balaban J connectivity index is 1.72. The maximum absolute atomic E-state index is 12.1. The summed E-state index contributed by atoms with van der Waals surface area (Å²) in [5.74, 6) is 0.520. The average molecular weight is 357 g/mol. The molecule has 0 aromatic heterocycles. The van der Waals surface area contributed by atoms with E-state index in [0.29, 0.717) is 18.0 Å². The van der Waals surface area contributed by atoms with Crippen molar-refractivity contribution in [3.05, 3.63) is 54.6 Å². The first-order valence-corrected chi connectivity index (χ1v) is 8.49. The van der Waals surface area contributed by atoms with Crippen LogP contribution < -0.4 is 14.8 Å². The lowest BCUT2D eigenvalue weighted by Gasteiger charge is -2.14. The van der Waals surface area contributed by atoms with E-state index < -0.39 is 18.0 Å². The van der Waals surface area contributed by atoms with Crippen molar-refractivity contribution in [1.29, 1.82) is 0 Å². The van der Waals surface area contributed by atoms with Crippen LogP contribution in [-0.4, -0.2) is 31.2 Å². The van der Waals surface area contributed by atoms with Gasteiger partial charge in [0.2, 0.25) is 0 Å². The summed E-state index contributed by atoms with van der Waals surface area (Å²) in [6, 6.07) is 16.2. The van der Waals surface area contributed by atoms with Crippen LogP contribution in [0.3, 0.4) is 0 Å². The van der Waals surface area contributed by atoms with Crippen LogP contribution in [0.1, 0.15) is 20.3 Å². The number of esters is 1. The molecule has 2 aromatic carbocycles. The molecule has 2 rings (SSSR count). The molecule has 0 saturated heterocycles. The number of hydrogen-bond acceptors (Lipinski definition) is 5. The molecule has 2 aromatic rings. The minimum absolute atomic E-state index is 0.0650. The van der Waals surface area contributed by atoms with Crippen LogP contribution >= 0.6 is 0 Å². The quantitative estimate of drug-likeness (QED) is 0.696. The largest absolute Gasteiger partial charge is 0.494 e. The number of para-hydroxylation sites is 1. The third-order valence-electron chi connectivity index (χ3n) is 3.43. The lowest BCUT2D eigenvalue weighted by Crippen LogP contribution is -2.30. The number of carbonyl (C=O) groups excluding carboxylic acids is 2. The molecule has 1 unspecified atom stereocenters. The zero-order valence-corrected chi connectivity index (χ0v) is 14.9. The third-order valence-corrected chi connectivity index (χ3v) is 3.43. The molecule has 0 aliphatic heterocycles. The molecule has 1 N–H and O–H groups in total. The number of rotatable bonds is 9. The van der Waals surface area contributed by atoms with Crippen molar-refractivity contribution in [1.82, 2.24) is 0 Å². The molecule has 26 heavy (non-hydrogen) atoms. The molecule has 6 nitrogen and oxygen atoms in total. The normalized spacial score (nSPS) is 11.3. The molecule has 6 heteroatoms. The van der Waals surface area contributed by atoms with Gasteiger partial charge in [-0.25, -0.2) is 0 Å². The van der Waals surface area contributed by atoms with Crippen molar-refractivity contribution >= 4 is 17.6 Å². The summed E-state index contributed by atoms with van der Waals surface area (Å²) < 4.78 is 15.9. The Kier molecular flexibility index (Phi) is 7.49. The molecule has 0 heterocycles. The minimum atomic E-state index is -0.897. The summed E-state index contributed by atoms with van der Waals surface area (Å²) in [4.78, 5) is 23.9. The van der Waals surface area contributed by atoms with Gasteiger partial charge < -0.3 is 19.5 Å². The zero-order valence-electron chi connectivity index (χ0n) is 14.9. The Labute approximate surface area is 153 Å². The lowest BCUT2D eigenvalue weighted by atomic mass is 10.3. The van der Waals surface area contributed by atoms with Crippen LogP contribution in [-0.2, 0) is 14.3 Å². The Morgan fingerprint density at radius 1 is 0.962 bits per heavy atom. The predicted octanol–water partition coefficient (Wildman–Crippen LogP) is 3.42. The van der Waals surface area contributed by atoms with Gasteiger partial charge in [-0.3, -0.25) is 9.59 Å². The van der Waals surface area contributed by atoms with Gasteiger partial charge in [0.25, 0.3) is 5.91 Å². The Morgan fingerprint density at radius 3 is 2.27 bits per heavy atom. The summed E-state index contributed by atoms with van der Waals surface area (Å²) >= 11 is 0. The van der Waals surface area contributed by atoms with Gasteiger partial charge in [-0.1, -0.05) is 18.2 Å². The molecular weight excluding hydrogens is 334 g/mol. The number of benzene rings is 2. The van der Waals surface area contributed by atoms with Gasteiger partial charge in [0.05, 0.1) is 19.6 Å². The SMILES string of the molecule is CCOc1ccc(NC(=O)C(C)OC(=O)CCOc2ccccc2)cc1. The molecule has 0 radical (unpaired) electrons. The van der Waals surface area contributed by atoms with E-state index in [1.165, 1.54) is 6.92 Å². The highest BCUT2D eigenvalue weighted by molar-refractivity contribution is 5.95. The van der Waals surface area contributed by atoms with E-state index in [2.05, 4.69) is 5.32 Å². The summed E-state index contributed by atoms with van der Waals surface area (Å²) in [5, 5.41) is 2.70. The van der Waals surface area contributed by atoms with Gasteiger partial charge in [-0.2, -0.15) is 0 Å². The zero-order chi connectivity index (χ0) is 18.8. The molecule has 1 atom stereocenters. The van der Waals surface area contributed by atoms with Crippen molar-refractivity contribution in [2.45, 2.75) is 26.4 Å². The van der Waals surface area contributed by atoms with E-state index in [-0.39, 0.29) is 13.0 Å². The molecule has 0 saturated carbocycles. The number of hydrogen-bond donors (Lipinski definition) is 1. The first-order chi connectivity index (χ1) is 12.6. The first kappa shape index (κ1) is 19.3. The summed E-state index contributed by atoms with van der Waals surface area (Å²) in [5.41, 5.74) is 0.605. The second kappa shape index (κ2) is 10.1. The van der Waals surface area contributed by atoms with E-state index in [1.807, 2.05) is 25.1 Å². The summed E-state index contributed by atoms with van der Waals surface area (Å²) in [7, 11) is 0. The van der Waals surface area contributed by atoms with Crippen LogP contribution in [0.2, 0.25) is 0 Å². The highest BCUT2D eigenvalue weighted by Gasteiger charge is 2.18. The van der Waals surface area contributed by atoms with Crippen molar-refractivity contribution in [3.8, 4) is 11.5 Å². The van der Waals surface area contributed by atoms with Crippen molar-refractivity contribution in [2.75, 3.05) is 18.5 Å². The number of carbonyl (C=O) groups is 2. The molecule has 0 fully saturated rings. The maximum atomic E-state index is 12.1. The van der Waals surface area contributed by atoms with Crippen LogP contribution in [0.25, 0.3) is 0 Å². The second-order valence-corrected chi connectivity index (χ2v) is 5.49. The van der Waals surface area contributed by atoms with Crippen LogP contribution in [0.5, 0.6) is 11.5 Å². The van der Waals surface area contributed by atoms with Gasteiger partial charge in [-0.05, 0) is 50.2 Å². The van der Waals surface area contributed by atoms with Gasteiger partial charge in [-0.15, -0.1) is 0 Å². The molecular formula is C20H23NO5. The third kappa shape index (κ3) is 6.47. The highest BCUT2D eigenvalue weighted by Crippen LogP contribution is 2.16. The fourth-order valence-corrected chi connectivity index (χ4v) is 2.12. The number of nitrogens with one attached hydrogen (secondary N) is 1. The van der Waals surface area contributed by atoms with Crippen molar-refractivity contribution < 1.29 is 23.8 Å². The van der Waals surface area contributed by atoms with Crippen molar-refractivity contribution in [2.24, 2.45) is 0 Å². The molecule has 138 valence electrons. The van der Waals surface area contributed by atoms with E-state index in [1.54, 1.807) is 36.4 Å². The number of amides is 1. The van der Waals surface area contributed by atoms with Gasteiger partial charge in [0, 0.05) is 5.69 Å². The number of ether oxygens (including phenoxy) is 3. The Bertz CT molecular complexity index is 700. The summed E-state index contributed by atoms with van der Waals surface area (Å²) in [6.07, 6.45) is -0.832. The van der Waals surface area contributed by atoms with Gasteiger partial charge in [0.15, 0.2) is 6.10 Å². The standard InChI is InChI=1S/C20H23NO5/c1-3-24-18-11-9-16(10-12-18)21-20(23)15(2)26-19(22)13-14-25-17-7-5-4-6-8-17/h4-12,15H,3,13-14H2,1-2H3,(H,21,23). The Hall–Kier alpha value is -3.02. The molecule has 0 aliphatic rings. The molecule has 0 bridgehead atoms. The number of anilines is 1. The van der Waals surface area contributed by atoms with E-state index in [4.69, 9.17) is 14.2 Å². The van der Waals surface area contributed by atoms with E-state index >= 15 is 0 Å². The maximum Gasteiger partial charge on any atom is 0.310 e.